The zero-order chi connectivity index (χ0) is 18.2. The standard InChI is InChI=1S/C16H16ClNO6S/c17-15-11-5-6-18-8-13(12(11)7-14(19)16(15)20)9-1-3-10(4-2-9)24-25(21,22)23/h1-4,7,13,18-20H,5-6,8H2,(H,21,22,23). The molecule has 0 spiro atoms. The highest BCUT2D eigenvalue weighted by molar-refractivity contribution is 7.81. The summed E-state index contributed by atoms with van der Waals surface area (Å²) in [5.41, 5.74) is 2.37. The molecule has 9 heteroatoms. The van der Waals surface area contributed by atoms with Gasteiger partial charge in [0.25, 0.3) is 0 Å². The molecule has 0 bridgehead atoms. The Hall–Kier alpha value is -2.00. The molecular formula is C16H16ClNO6S. The van der Waals surface area contributed by atoms with Crippen LogP contribution in [-0.2, 0) is 16.8 Å². The Kier molecular flexibility index (Phi) is 4.79. The van der Waals surface area contributed by atoms with Gasteiger partial charge in [0.2, 0.25) is 0 Å². The summed E-state index contributed by atoms with van der Waals surface area (Å²) in [6, 6.07) is 7.68. The Balaban J connectivity index is 2.01. The maximum atomic E-state index is 10.8. The average molecular weight is 386 g/mol. The van der Waals surface area contributed by atoms with E-state index < -0.39 is 10.4 Å². The van der Waals surface area contributed by atoms with E-state index in [1.165, 1.54) is 18.2 Å². The third kappa shape index (κ3) is 3.82. The van der Waals surface area contributed by atoms with Gasteiger partial charge in [-0.05, 0) is 47.9 Å². The molecule has 0 aromatic heterocycles. The maximum absolute atomic E-state index is 10.8. The average Bonchev–Trinajstić information content (AvgIpc) is 2.75. The van der Waals surface area contributed by atoms with E-state index in [0.717, 1.165) is 16.7 Å². The highest BCUT2D eigenvalue weighted by Crippen LogP contribution is 2.42. The van der Waals surface area contributed by atoms with Crippen LogP contribution in [0.5, 0.6) is 17.2 Å². The quantitative estimate of drug-likeness (QED) is 0.472. The molecule has 7 nitrogen and oxygen atoms in total. The van der Waals surface area contributed by atoms with Crippen LogP contribution in [0, 0.1) is 0 Å². The van der Waals surface area contributed by atoms with E-state index in [1.807, 2.05) is 0 Å². The molecular weight excluding hydrogens is 370 g/mol. The fraction of sp³-hybridized carbons (Fsp3) is 0.250. The fourth-order valence-corrected chi connectivity index (χ4v) is 3.65. The topological polar surface area (TPSA) is 116 Å². The molecule has 134 valence electrons. The molecule has 1 aliphatic heterocycles. The smallest absolute Gasteiger partial charge is 0.446 e. The Morgan fingerprint density at radius 1 is 1.20 bits per heavy atom. The van der Waals surface area contributed by atoms with Gasteiger partial charge < -0.3 is 19.7 Å². The van der Waals surface area contributed by atoms with E-state index in [1.54, 1.807) is 12.1 Å². The van der Waals surface area contributed by atoms with Crippen LogP contribution in [0.3, 0.4) is 0 Å². The second kappa shape index (κ2) is 6.72. The summed E-state index contributed by atoms with van der Waals surface area (Å²) in [5, 5.41) is 23.2. The number of halogens is 1. The van der Waals surface area contributed by atoms with Crippen molar-refractivity contribution in [3.05, 3.63) is 52.0 Å². The van der Waals surface area contributed by atoms with Crippen LogP contribution in [0.1, 0.15) is 22.6 Å². The monoisotopic (exact) mass is 385 g/mol. The van der Waals surface area contributed by atoms with Gasteiger partial charge in [-0.15, -0.1) is 0 Å². The minimum absolute atomic E-state index is 0.0142. The highest BCUT2D eigenvalue weighted by atomic mass is 35.5. The lowest BCUT2D eigenvalue weighted by Gasteiger charge is -2.20. The third-order valence-corrected chi connectivity index (χ3v) is 4.93. The molecule has 4 N–H and O–H groups in total. The van der Waals surface area contributed by atoms with Gasteiger partial charge in [-0.1, -0.05) is 23.7 Å². The van der Waals surface area contributed by atoms with Gasteiger partial charge in [-0.2, -0.15) is 8.42 Å². The molecule has 0 aliphatic carbocycles. The molecule has 1 unspecified atom stereocenters. The van der Waals surface area contributed by atoms with Crippen molar-refractivity contribution in [1.29, 1.82) is 0 Å². The molecule has 2 aromatic carbocycles. The summed E-state index contributed by atoms with van der Waals surface area (Å²) < 4.78 is 34.6. The molecule has 0 saturated heterocycles. The number of rotatable bonds is 3. The lowest BCUT2D eigenvalue weighted by molar-refractivity contribution is 0.386. The Bertz CT molecular complexity index is 898. The van der Waals surface area contributed by atoms with Gasteiger partial charge in [0, 0.05) is 12.5 Å². The Labute approximate surface area is 149 Å². The first-order valence-electron chi connectivity index (χ1n) is 7.47. The number of phenolic OH excluding ortho intramolecular Hbond substituents is 2. The van der Waals surface area contributed by atoms with E-state index in [0.29, 0.717) is 19.5 Å². The number of hydrogen-bond donors (Lipinski definition) is 4. The largest absolute Gasteiger partial charge is 0.504 e. The van der Waals surface area contributed by atoms with Crippen molar-refractivity contribution in [3.63, 3.8) is 0 Å². The van der Waals surface area contributed by atoms with Gasteiger partial charge in [0.1, 0.15) is 5.75 Å². The molecule has 1 atom stereocenters. The lowest BCUT2D eigenvalue weighted by Crippen LogP contribution is -2.20. The van der Waals surface area contributed by atoms with Crippen molar-refractivity contribution in [3.8, 4) is 17.2 Å². The van der Waals surface area contributed by atoms with Gasteiger partial charge in [-0.25, -0.2) is 0 Å². The fourth-order valence-electron chi connectivity index (χ4n) is 2.99. The lowest BCUT2D eigenvalue weighted by atomic mass is 9.87. The predicted octanol–water partition coefficient (Wildman–Crippen LogP) is 2.21. The number of nitrogens with one attached hydrogen (secondary N) is 1. The first-order chi connectivity index (χ1) is 11.8. The van der Waals surface area contributed by atoms with E-state index in [4.69, 9.17) is 16.2 Å². The second-order valence-electron chi connectivity index (χ2n) is 5.71. The third-order valence-electron chi connectivity index (χ3n) is 4.12. The van der Waals surface area contributed by atoms with Gasteiger partial charge in [0.05, 0.1) is 5.02 Å². The summed E-state index contributed by atoms with van der Waals surface area (Å²) in [6.45, 7) is 1.24. The summed E-state index contributed by atoms with van der Waals surface area (Å²) in [4.78, 5) is 0. The van der Waals surface area contributed by atoms with Crippen LogP contribution in [0.15, 0.2) is 30.3 Å². The van der Waals surface area contributed by atoms with Crippen LogP contribution < -0.4 is 9.50 Å². The molecule has 3 rings (SSSR count). The molecule has 2 aromatic rings. The number of hydrogen-bond acceptors (Lipinski definition) is 6. The second-order valence-corrected chi connectivity index (χ2v) is 7.11. The summed E-state index contributed by atoms with van der Waals surface area (Å²) in [6.07, 6.45) is 0.600. The summed E-state index contributed by atoms with van der Waals surface area (Å²) in [5.74, 6) is -0.805. The van der Waals surface area contributed by atoms with Crippen LogP contribution in [0.25, 0.3) is 0 Å². The Morgan fingerprint density at radius 2 is 1.88 bits per heavy atom. The van der Waals surface area contributed by atoms with Gasteiger partial charge in [-0.3, -0.25) is 4.55 Å². The minimum atomic E-state index is -4.58. The SMILES string of the molecule is O=S(=O)(O)Oc1ccc(C2CNCCc3c2cc(O)c(O)c3Cl)cc1. The zero-order valence-electron chi connectivity index (χ0n) is 12.9. The van der Waals surface area contributed by atoms with Crippen molar-refractivity contribution in [2.45, 2.75) is 12.3 Å². The van der Waals surface area contributed by atoms with Crippen LogP contribution in [0.2, 0.25) is 5.02 Å². The number of aromatic hydroxyl groups is 2. The molecule has 0 radical (unpaired) electrons. The van der Waals surface area contributed by atoms with Gasteiger partial charge >= 0.3 is 10.4 Å². The molecule has 1 heterocycles. The molecule has 0 fully saturated rings. The first kappa shape index (κ1) is 17.8. The van der Waals surface area contributed by atoms with Crippen molar-refractivity contribution in [2.24, 2.45) is 0 Å². The maximum Gasteiger partial charge on any atom is 0.446 e. The molecule has 25 heavy (non-hydrogen) atoms. The van der Waals surface area contributed by atoms with Crippen molar-refractivity contribution < 1.29 is 27.4 Å². The summed E-state index contributed by atoms with van der Waals surface area (Å²) in [7, 11) is -4.58. The minimum Gasteiger partial charge on any atom is -0.504 e. The van der Waals surface area contributed by atoms with E-state index in [2.05, 4.69) is 9.50 Å². The van der Waals surface area contributed by atoms with Crippen LogP contribution >= 0.6 is 11.6 Å². The zero-order valence-corrected chi connectivity index (χ0v) is 14.5. The molecule has 1 aliphatic rings. The number of phenols is 2. The number of fused-ring (bicyclic) bond motifs is 1. The van der Waals surface area contributed by atoms with E-state index in [-0.39, 0.29) is 28.2 Å². The summed E-state index contributed by atoms with van der Waals surface area (Å²) >= 11 is 6.19. The van der Waals surface area contributed by atoms with Crippen molar-refractivity contribution >= 4 is 22.0 Å². The number of benzene rings is 2. The van der Waals surface area contributed by atoms with E-state index >= 15 is 0 Å². The van der Waals surface area contributed by atoms with Crippen LogP contribution in [-0.4, -0.2) is 36.3 Å². The van der Waals surface area contributed by atoms with Crippen molar-refractivity contribution in [1.82, 2.24) is 5.32 Å². The highest BCUT2D eigenvalue weighted by Gasteiger charge is 2.25. The molecule has 0 amide bonds. The first-order valence-corrected chi connectivity index (χ1v) is 9.21. The molecule has 0 saturated carbocycles. The van der Waals surface area contributed by atoms with E-state index in [9.17, 15) is 18.6 Å². The van der Waals surface area contributed by atoms with Crippen molar-refractivity contribution in [2.75, 3.05) is 13.1 Å². The predicted molar refractivity (Wildman–Crippen MR) is 91.8 cm³/mol. The van der Waals surface area contributed by atoms with Gasteiger partial charge in [0.15, 0.2) is 11.5 Å². The Morgan fingerprint density at radius 3 is 2.52 bits per heavy atom. The normalized spacial score (nSPS) is 17.6. The van der Waals surface area contributed by atoms with Crippen LogP contribution in [0.4, 0.5) is 0 Å².